The van der Waals surface area contributed by atoms with Crippen molar-refractivity contribution in [1.82, 2.24) is 14.9 Å². The quantitative estimate of drug-likeness (QED) is 0.651. The molecule has 1 aliphatic carbocycles. The van der Waals surface area contributed by atoms with Crippen LogP contribution in [0.1, 0.15) is 44.2 Å². The van der Waals surface area contributed by atoms with Crippen molar-refractivity contribution < 1.29 is 9.53 Å². The normalized spacial score (nSPS) is 15.2. The van der Waals surface area contributed by atoms with Crippen LogP contribution in [0.4, 0.5) is 0 Å². The molecule has 4 rings (SSSR count). The molecule has 2 aromatic carbocycles. The molecule has 1 fully saturated rings. The molecule has 0 radical (unpaired) electrons. The lowest BCUT2D eigenvalue weighted by molar-refractivity contribution is -0.127. The summed E-state index contributed by atoms with van der Waals surface area (Å²) in [4.78, 5) is 29.3. The van der Waals surface area contributed by atoms with Crippen LogP contribution in [0.5, 0.6) is 5.75 Å². The van der Waals surface area contributed by atoms with Crippen molar-refractivity contribution in [3.63, 3.8) is 0 Å². The van der Waals surface area contributed by atoms with E-state index in [1.807, 2.05) is 42.5 Å². The summed E-state index contributed by atoms with van der Waals surface area (Å²) in [6.07, 6.45) is 5.59. The van der Waals surface area contributed by atoms with Crippen molar-refractivity contribution in [1.29, 1.82) is 0 Å². The van der Waals surface area contributed by atoms with Crippen molar-refractivity contribution >= 4 is 16.7 Å². The highest BCUT2D eigenvalue weighted by molar-refractivity contribution is 5.89. The van der Waals surface area contributed by atoms with Gasteiger partial charge in [-0.1, -0.05) is 49.2 Å². The Labute approximate surface area is 175 Å². The number of aromatic nitrogens is 2. The van der Waals surface area contributed by atoms with Gasteiger partial charge in [-0.3, -0.25) is 14.2 Å². The van der Waals surface area contributed by atoms with Crippen LogP contribution in [0, 0.1) is 0 Å². The van der Waals surface area contributed by atoms with Gasteiger partial charge in [-0.25, -0.2) is 4.98 Å². The number of hydrogen-bond acceptors (Lipinski definition) is 4. The topological polar surface area (TPSA) is 73.2 Å². The molecule has 1 aliphatic rings. The molecule has 30 heavy (non-hydrogen) atoms. The Balaban J connectivity index is 1.31. The first-order chi connectivity index (χ1) is 14.6. The van der Waals surface area contributed by atoms with Crippen molar-refractivity contribution in [2.24, 2.45) is 0 Å². The fraction of sp³-hybridized carbons (Fsp3) is 0.375. The summed E-state index contributed by atoms with van der Waals surface area (Å²) >= 11 is 0. The highest BCUT2D eigenvalue weighted by atomic mass is 16.5. The molecule has 3 aromatic rings. The van der Waals surface area contributed by atoms with Gasteiger partial charge in [0, 0.05) is 30.5 Å². The number of carbonyl (C=O) groups is 1. The van der Waals surface area contributed by atoms with Crippen LogP contribution < -0.4 is 15.6 Å². The summed E-state index contributed by atoms with van der Waals surface area (Å²) in [6, 6.07) is 15.3. The second-order valence-electron chi connectivity index (χ2n) is 7.86. The number of ether oxygens (including phenoxy) is 1. The minimum absolute atomic E-state index is 0.0683. The van der Waals surface area contributed by atoms with Crippen LogP contribution in [0.3, 0.4) is 0 Å². The Morgan fingerprint density at radius 2 is 1.97 bits per heavy atom. The Morgan fingerprint density at radius 1 is 1.20 bits per heavy atom. The number of hydrogen-bond donors (Lipinski definition) is 1. The number of carbonyl (C=O) groups excluding carboxylic acids is 1. The van der Waals surface area contributed by atoms with Gasteiger partial charge in [-0.2, -0.15) is 0 Å². The van der Waals surface area contributed by atoms with E-state index in [1.54, 1.807) is 19.3 Å². The number of nitrogens with one attached hydrogen (secondary N) is 1. The molecule has 1 atom stereocenters. The zero-order valence-corrected chi connectivity index (χ0v) is 17.2. The molecule has 0 saturated heterocycles. The molecular formula is C24H27N3O3. The molecule has 1 saturated carbocycles. The first-order valence-electron chi connectivity index (χ1n) is 10.6. The summed E-state index contributed by atoms with van der Waals surface area (Å²) in [6.45, 7) is 2.44. The van der Waals surface area contributed by atoms with Gasteiger partial charge < -0.3 is 10.1 Å². The van der Waals surface area contributed by atoms with Crippen molar-refractivity contribution in [2.75, 3.05) is 6.54 Å². The Morgan fingerprint density at radius 3 is 2.77 bits per heavy atom. The first-order valence-corrected chi connectivity index (χ1v) is 10.6. The molecule has 0 spiro atoms. The fourth-order valence-electron chi connectivity index (χ4n) is 4.04. The van der Waals surface area contributed by atoms with Crippen LogP contribution in [0.25, 0.3) is 10.8 Å². The standard InChI is InChI=1S/C24H27N3O3/c1-17(30-22-12-6-10-18-7-4-5-11-20(18)22)24(29)25-13-14-27-16-26-21(15-23(27)28)19-8-2-3-9-19/h4-7,10-12,15-17,19H,2-3,8-9,13-14H2,1H3,(H,25,29). The van der Waals surface area contributed by atoms with Crippen molar-refractivity contribution in [2.45, 2.75) is 51.2 Å². The average molecular weight is 405 g/mol. The summed E-state index contributed by atoms with van der Waals surface area (Å²) in [5.74, 6) is 0.879. The van der Waals surface area contributed by atoms with E-state index in [4.69, 9.17) is 4.74 Å². The molecule has 0 aliphatic heterocycles. The SMILES string of the molecule is CC(Oc1cccc2ccccc12)C(=O)NCCn1cnc(C2CCCC2)cc1=O. The van der Waals surface area contributed by atoms with Gasteiger partial charge in [-0.15, -0.1) is 0 Å². The van der Waals surface area contributed by atoms with E-state index in [0.29, 0.717) is 24.8 Å². The fourth-order valence-corrected chi connectivity index (χ4v) is 4.04. The first kappa shape index (κ1) is 20.1. The maximum Gasteiger partial charge on any atom is 0.260 e. The van der Waals surface area contributed by atoms with Gasteiger partial charge in [0.25, 0.3) is 11.5 Å². The van der Waals surface area contributed by atoms with Crippen molar-refractivity contribution in [3.8, 4) is 5.75 Å². The Kier molecular flexibility index (Phi) is 6.12. The molecule has 0 bridgehead atoms. The van der Waals surface area contributed by atoms with Crippen LogP contribution in [-0.4, -0.2) is 28.1 Å². The zero-order chi connectivity index (χ0) is 20.9. The van der Waals surface area contributed by atoms with E-state index >= 15 is 0 Å². The van der Waals surface area contributed by atoms with Crippen LogP contribution in [0.15, 0.2) is 59.7 Å². The van der Waals surface area contributed by atoms with Crippen LogP contribution >= 0.6 is 0 Å². The van der Waals surface area contributed by atoms with Gasteiger partial charge in [-0.05, 0) is 31.2 Å². The monoisotopic (exact) mass is 405 g/mol. The van der Waals surface area contributed by atoms with E-state index in [-0.39, 0.29) is 11.5 Å². The highest BCUT2D eigenvalue weighted by Gasteiger charge is 2.19. The number of amides is 1. The molecule has 6 nitrogen and oxygen atoms in total. The van der Waals surface area contributed by atoms with E-state index in [2.05, 4.69) is 10.3 Å². The average Bonchev–Trinajstić information content (AvgIpc) is 3.30. The number of nitrogens with zero attached hydrogens (tertiary/aromatic N) is 2. The third kappa shape index (κ3) is 4.53. The summed E-state index contributed by atoms with van der Waals surface area (Å²) < 4.78 is 7.43. The predicted molar refractivity (Wildman–Crippen MR) is 117 cm³/mol. The lowest BCUT2D eigenvalue weighted by atomic mass is 10.0. The highest BCUT2D eigenvalue weighted by Crippen LogP contribution is 2.32. The summed E-state index contributed by atoms with van der Waals surface area (Å²) in [7, 11) is 0. The van der Waals surface area contributed by atoms with Gasteiger partial charge >= 0.3 is 0 Å². The Hall–Kier alpha value is -3.15. The van der Waals surface area contributed by atoms with Crippen LogP contribution in [0.2, 0.25) is 0 Å². The molecular weight excluding hydrogens is 378 g/mol. The minimum atomic E-state index is -0.643. The lowest BCUT2D eigenvalue weighted by Gasteiger charge is -2.16. The van der Waals surface area contributed by atoms with Gasteiger partial charge in [0.05, 0.1) is 12.0 Å². The largest absolute Gasteiger partial charge is 0.480 e. The summed E-state index contributed by atoms with van der Waals surface area (Å²) in [5.41, 5.74) is 0.830. The maximum absolute atomic E-state index is 12.4. The molecule has 156 valence electrons. The van der Waals surface area contributed by atoms with Gasteiger partial charge in [0.15, 0.2) is 6.10 Å². The molecule has 1 unspecified atom stereocenters. The van der Waals surface area contributed by atoms with E-state index in [0.717, 1.165) is 29.3 Å². The maximum atomic E-state index is 12.4. The Bertz CT molecular complexity index is 1080. The van der Waals surface area contributed by atoms with Crippen LogP contribution in [-0.2, 0) is 11.3 Å². The molecule has 1 heterocycles. The third-order valence-electron chi connectivity index (χ3n) is 5.75. The third-order valence-corrected chi connectivity index (χ3v) is 5.75. The molecule has 1 aromatic heterocycles. The van der Waals surface area contributed by atoms with Gasteiger partial charge in [0.2, 0.25) is 0 Å². The number of benzene rings is 2. The molecule has 1 amide bonds. The number of fused-ring (bicyclic) bond motifs is 1. The van der Waals surface area contributed by atoms with E-state index in [9.17, 15) is 9.59 Å². The molecule has 6 heteroatoms. The van der Waals surface area contributed by atoms with E-state index in [1.165, 1.54) is 17.4 Å². The predicted octanol–water partition coefficient (Wildman–Crippen LogP) is 3.64. The second-order valence-corrected chi connectivity index (χ2v) is 7.86. The van der Waals surface area contributed by atoms with Crippen molar-refractivity contribution in [3.05, 3.63) is 70.9 Å². The minimum Gasteiger partial charge on any atom is -0.480 e. The van der Waals surface area contributed by atoms with E-state index < -0.39 is 6.10 Å². The molecule has 1 N–H and O–H groups in total. The van der Waals surface area contributed by atoms with Gasteiger partial charge in [0.1, 0.15) is 5.75 Å². The zero-order valence-electron chi connectivity index (χ0n) is 17.2. The smallest absolute Gasteiger partial charge is 0.260 e. The summed E-state index contributed by atoms with van der Waals surface area (Å²) in [5, 5.41) is 4.88. The lowest BCUT2D eigenvalue weighted by Crippen LogP contribution is -2.39. The number of rotatable bonds is 7. The second kappa shape index (κ2) is 9.11.